The van der Waals surface area contributed by atoms with Crippen LogP contribution >= 0.6 is 24.0 Å². The van der Waals surface area contributed by atoms with Gasteiger partial charge in [0, 0.05) is 45.5 Å². The van der Waals surface area contributed by atoms with E-state index >= 15 is 0 Å². The van der Waals surface area contributed by atoms with Crippen molar-refractivity contribution < 1.29 is 27.7 Å². The monoisotopic (exact) mass is 543 g/mol. The first-order valence-electron chi connectivity index (χ1n) is 9.97. The smallest absolute Gasteiger partial charge is 0.387 e. The summed E-state index contributed by atoms with van der Waals surface area (Å²) < 4.78 is 46.8. The summed E-state index contributed by atoms with van der Waals surface area (Å²) in [5.74, 6) is 0.901. The van der Waals surface area contributed by atoms with Crippen LogP contribution in [0.3, 0.4) is 0 Å². The Morgan fingerprint density at radius 2 is 2.03 bits per heavy atom. The van der Waals surface area contributed by atoms with E-state index in [1.165, 1.54) is 0 Å². The van der Waals surface area contributed by atoms with E-state index in [9.17, 15) is 8.78 Å². The third-order valence-corrected chi connectivity index (χ3v) is 4.37. The molecule has 0 spiro atoms. The summed E-state index contributed by atoms with van der Waals surface area (Å²) in [7, 11) is 1.65. The van der Waals surface area contributed by atoms with Crippen molar-refractivity contribution in [2.75, 3.05) is 40.0 Å². The van der Waals surface area contributed by atoms with Crippen molar-refractivity contribution in [3.63, 3.8) is 0 Å². The van der Waals surface area contributed by atoms with E-state index in [4.69, 9.17) is 14.2 Å². The molecule has 1 saturated heterocycles. The van der Waals surface area contributed by atoms with Crippen LogP contribution in [-0.2, 0) is 16.0 Å². The average Bonchev–Trinajstić information content (AvgIpc) is 2.72. The molecule has 10 heteroatoms. The van der Waals surface area contributed by atoms with Gasteiger partial charge in [0.25, 0.3) is 0 Å². The highest BCUT2D eigenvalue weighted by atomic mass is 127. The normalized spacial score (nSPS) is 14.9. The molecule has 0 aromatic heterocycles. The summed E-state index contributed by atoms with van der Waals surface area (Å²) in [6, 6.07) is 5.06. The summed E-state index contributed by atoms with van der Waals surface area (Å²) in [6.07, 6.45) is 3.01. The van der Waals surface area contributed by atoms with Gasteiger partial charge in [0.15, 0.2) is 17.5 Å². The van der Waals surface area contributed by atoms with Gasteiger partial charge in [0.1, 0.15) is 0 Å². The van der Waals surface area contributed by atoms with Gasteiger partial charge in [-0.05, 0) is 32.3 Å². The molecule has 0 radical (unpaired) electrons. The molecule has 0 unspecified atom stereocenters. The predicted molar refractivity (Wildman–Crippen MR) is 122 cm³/mol. The fraction of sp³-hybridized carbons (Fsp3) is 0.650. The van der Waals surface area contributed by atoms with Gasteiger partial charge in [-0.15, -0.1) is 24.0 Å². The summed E-state index contributed by atoms with van der Waals surface area (Å²) in [4.78, 5) is 4.16. The first-order chi connectivity index (χ1) is 14.1. The Bertz CT molecular complexity index is 632. The van der Waals surface area contributed by atoms with Crippen molar-refractivity contribution >= 4 is 29.9 Å². The zero-order valence-corrected chi connectivity index (χ0v) is 19.8. The standard InChI is InChI=1S/C20H31F2N3O4.HI/c1-3-27-17-7-4-6-15(18(17)29-19(21)22)14-25-20(23-2)24-10-5-11-28-16-8-12-26-13-9-16;/h4,6-7,16,19H,3,5,8-14H2,1-2H3,(H2,23,24,25);1H. The molecule has 30 heavy (non-hydrogen) atoms. The number of aliphatic imine (C=N–C) groups is 1. The summed E-state index contributed by atoms with van der Waals surface area (Å²) >= 11 is 0. The highest BCUT2D eigenvalue weighted by molar-refractivity contribution is 14.0. The van der Waals surface area contributed by atoms with Crippen molar-refractivity contribution in [3.05, 3.63) is 23.8 Å². The number of benzene rings is 1. The third kappa shape index (κ3) is 9.61. The van der Waals surface area contributed by atoms with Crippen LogP contribution < -0.4 is 20.1 Å². The minimum absolute atomic E-state index is 0. The number of nitrogens with one attached hydrogen (secondary N) is 2. The minimum atomic E-state index is -2.93. The molecule has 1 fully saturated rings. The van der Waals surface area contributed by atoms with Crippen molar-refractivity contribution in [1.82, 2.24) is 10.6 Å². The van der Waals surface area contributed by atoms with Gasteiger partial charge in [-0.3, -0.25) is 4.99 Å². The molecule has 1 heterocycles. The quantitative estimate of drug-likeness (QED) is 0.193. The number of ether oxygens (including phenoxy) is 4. The maximum Gasteiger partial charge on any atom is 0.387 e. The first kappa shape index (κ1) is 26.6. The lowest BCUT2D eigenvalue weighted by atomic mass is 10.1. The molecule has 0 bridgehead atoms. The number of guanidine groups is 1. The van der Waals surface area contributed by atoms with Gasteiger partial charge >= 0.3 is 6.61 Å². The SMILES string of the molecule is CCOc1cccc(CNC(=NC)NCCCOC2CCOCC2)c1OC(F)F.I. The molecule has 172 valence electrons. The second-order valence-electron chi connectivity index (χ2n) is 6.44. The number of halogens is 3. The molecule has 2 rings (SSSR count). The zero-order chi connectivity index (χ0) is 20.9. The Hall–Kier alpha value is -1.40. The molecule has 0 amide bonds. The average molecular weight is 543 g/mol. The number of para-hydroxylation sites is 1. The van der Waals surface area contributed by atoms with E-state index < -0.39 is 6.61 Å². The molecule has 0 aliphatic carbocycles. The Morgan fingerprint density at radius 3 is 2.70 bits per heavy atom. The van der Waals surface area contributed by atoms with Crippen LogP contribution in [-0.4, -0.2) is 58.7 Å². The molecule has 1 aliphatic heterocycles. The molecule has 1 aromatic rings. The minimum Gasteiger partial charge on any atom is -0.490 e. The van der Waals surface area contributed by atoms with Crippen LogP contribution in [0, 0.1) is 0 Å². The Labute approximate surface area is 193 Å². The van der Waals surface area contributed by atoms with Crippen LogP contribution in [0.2, 0.25) is 0 Å². The lowest BCUT2D eigenvalue weighted by Crippen LogP contribution is -2.37. The van der Waals surface area contributed by atoms with Gasteiger partial charge in [-0.1, -0.05) is 12.1 Å². The second-order valence-corrected chi connectivity index (χ2v) is 6.44. The van der Waals surface area contributed by atoms with Crippen LogP contribution in [0.4, 0.5) is 8.78 Å². The largest absolute Gasteiger partial charge is 0.490 e. The fourth-order valence-corrected chi connectivity index (χ4v) is 2.96. The maximum atomic E-state index is 12.8. The lowest BCUT2D eigenvalue weighted by molar-refractivity contribution is -0.0520. The van der Waals surface area contributed by atoms with Gasteiger partial charge in [0.05, 0.1) is 12.7 Å². The van der Waals surface area contributed by atoms with Gasteiger partial charge in [-0.25, -0.2) is 0 Å². The van der Waals surface area contributed by atoms with Crippen LogP contribution in [0.15, 0.2) is 23.2 Å². The number of alkyl halides is 2. The van der Waals surface area contributed by atoms with Crippen molar-refractivity contribution in [1.29, 1.82) is 0 Å². The van der Waals surface area contributed by atoms with E-state index in [0.717, 1.165) is 32.5 Å². The molecule has 1 aromatic carbocycles. The second kappa shape index (κ2) is 15.4. The van der Waals surface area contributed by atoms with Crippen molar-refractivity contribution in [3.8, 4) is 11.5 Å². The van der Waals surface area contributed by atoms with Gasteiger partial charge < -0.3 is 29.6 Å². The highest BCUT2D eigenvalue weighted by Crippen LogP contribution is 2.32. The Balaban J connectivity index is 0.00000450. The van der Waals surface area contributed by atoms with Crippen LogP contribution in [0.25, 0.3) is 0 Å². The number of nitrogens with zero attached hydrogens (tertiary/aromatic N) is 1. The van der Waals surface area contributed by atoms with Crippen LogP contribution in [0.1, 0.15) is 31.7 Å². The zero-order valence-electron chi connectivity index (χ0n) is 17.5. The summed E-state index contributed by atoms with van der Waals surface area (Å²) in [5.41, 5.74) is 0.557. The van der Waals surface area contributed by atoms with Gasteiger partial charge in [-0.2, -0.15) is 8.78 Å². The number of rotatable bonds is 11. The first-order valence-corrected chi connectivity index (χ1v) is 9.97. The predicted octanol–water partition coefficient (Wildman–Crippen LogP) is 3.56. The van der Waals surface area contributed by atoms with Crippen molar-refractivity contribution in [2.24, 2.45) is 4.99 Å². The molecule has 0 saturated carbocycles. The Morgan fingerprint density at radius 1 is 1.27 bits per heavy atom. The molecule has 1 aliphatic rings. The third-order valence-electron chi connectivity index (χ3n) is 4.37. The van der Waals surface area contributed by atoms with Gasteiger partial charge in [0.2, 0.25) is 0 Å². The maximum absolute atomic E-state index is 12.8. The number of hydrogen-bond acceptors (Lipinski definition) is 5. The van der Waals surface area contributed by atoms with Crippen molar-refractivity contribution in [2.45, 2.75) is 45.4 Å². The number of hydrogen-bond donors (Lipinski definition) is 2. The topological polar surface area (TPSA) is 73.3 Å². The molecule has 2 N–H and O–H groups in total. The molecular weight excluding hydrogens is 511 g/mol. The highest BCUT2D eigenvalue weighted by Gasteiger charge is 2.16. The van der Waals surface area contributed by atoms with E-state index in [2.05, 4.69) is 20.4 Å². The molecule has 7 nitrogen and oxygen atoms in total. The van der Waals surface area contributed by atoms with E-state index in [0.29, 0.717) is 37.0 Å². The van der Waals surface area contributed by atoms with E-state index in [-0.39, 0.29) is 42.4 Å². The summed E-state index contributed by atoms with van der Waals surface area (Å²) in [5, 5.41) is 6.30. The molecular formula is C20H32F2IN3O4. The van der Waals surface area contributed by atoms with E-state index in [1.54, 1.807) is 32.2 Å². The van der Waals surface area contributed by atoms with Crippen LogP contribution in [0.5, 0.6) is 11.5 Å². The summed E-state index contributed by atoms with van der Waals surface area (Å²) in [6.45, 7) is 2.36. The Kier molecular flexibility index (Phi) is 13.7. The fourth-order valence-electron chi connectivity index (χ4n) is 2.96. The molecule has 0 atom stereocenters. The lowest BCUT2D eigenvalue weighted by Gasteiger charge is -2.22. The van der Waals surface area contributed by atoms with E-state index in [1.807, 2.05) is 0 Å².